The van der Waals surface area contributed by atoms with E-state index >= 15 is 0 Å². The Morgan fingerprint density at radius 2 is 1.37 bits per heavy atom. The van der Waals surface area contributed by atoms with Crippen molar-refractivity contribution in [1.29, 1.82) is 0 Å². The number of Topliss-reactive ketones (excluding diaryl/α,β-unsaturated/α-hetero) is 2. The van der Waals surface area contributed by atoms with Crippen LogP contribution in [0.5, 0.6) is 11.5 Å². The molecule has 16 nitrogen and oxygen atoms in total. The summed E-state index contributed by atoms with van der Waals surface area (Å²) in [5.74, 6) is -8.65. The predicted molar refractivity (Wildman–Crippen MR) is 173 cm³/mol. The molecule has 1 aromatic rings. The summed E-state index contributed by atoms with van der Waals surface area (Å²) < 4.78 is 45.3. The molecule has 0 bridgehead atoms. The Bertz CT molecular complexity index is 1680. The summed E-state index contributed by atoms with van der Waals surface area (Å²) in [6.07, 6.45) is -6.54. The van der Waals surface area contributed by atoms with Gasteiger partial charge in [-0.1, -0.05) is 18.6 Å². The van der Waals surface area contributed by atoms with Gasteiger partial charge in [0.05, 0.1) is 23.1 Å². The summed E-state index contributed by atoms with van der Waals surface area (Å²) in [4.78, 5) is 90.1. The predicted octanol–water partition coefficient (Wildman–Crippen LogP) is 2.40. The van der Waals surface area contributed by atoms with Crippen LogP contribution in [0.4, 0.5) is 0 Å². The first-order chi connectivity index (χ1) is 24.5. The lowest BCUT2D eigenvalue weighted by Crippen LogP contribution is -2.63. The average Bonchev–Trinajstić information content (AvgIpc) is 3.04. The van der Waals surface area contributed by atoms with Crippen LogP contribution in [0.15, 0.2) is 23.8 Å². The first-order valence-electron chi connectivity index (χ1n) is 16.8. The zero-order valence-corrected chi connectivity index (χ0v) is 29.8. The van der Waals surface area contributed by atoms with Crippen molar-refractivity contribution < 1.29 is 76.6 Å². The van der Waals surface area contributed by atoms with Crippen LogP contribution in [0.1, 0.15) is 75.1 Å². The molecule has 11 atom stereocenters. The van der Waals surface area contributed by atoms with Crippen molar-refractivity contribution in [2.75, 3.05) is 13.7 Å². The third-order valence-electron chi connectivity index (χ3n) is 9.58. The highest BCUT2D eigenvalue weighted by Crippen LogP contribution is 2.53. The number of rotatable bonds is 9. The number of fused-ring (bicyclic) bond motifs is 4. The van der Waals surface area contributed by atoms with E-state index in [2.05, 4.69) is 0 Å². The molecule has 0 radical (unpaired) electrons. The molecule has 0 spiro atoms. The van der Waals surface area contributed by atoms with Crippen LogP contribution < -0.4 is 4.74 Å². The highest BCUT2D eigenvalue weighted by molar-refractivity contribution is 6.19. The molecule has 282 valence electrons. The third kappa shape index (κ3) is 7.67. The number of methoxy groups -OCH3 is 1. The summed E-state index contributed by atoms with van der Waals surface area (Å²) in [6.45, 7) is 7.05. The van der Waals surface area contributed by atoms with Gasteiger partial charge >= 0.3 is 29.8 Å². The molecule has 16 heteroatoms. The van der Waals surface area contributed by atoms with E-state index in [1.165, 1.54) is 20.1 Å². The van der Waals surface area contributed by atoms with E-state index in [1.54, 1.807) is 6.08 Å². The van der Waals surface area contributed by atoms with Crippen molar-refractivity contribution in [3.8, 4) is 11.5 Å². The Hall–Kier alpha value is -4.83. The number of hydrogen-bond donors (Lipinski definition) is 1. The monoisotopic (exact) mass is 730 g/mol. The van der Waals surface area contributed by atoms with Crippen molar-refractivity contribution in [1.82, 2.24) is 0 Å². The van der Waals surface area contributed by atoms with Crippen molar-refractivity contribution in [2.45, 2.75) is 97.3 Å². The number of carbonyl (C=O) groups excluding carboxylic acids is 7. The number of phenolic OH excluding ortho intramolecular Hbond substituents is 1. The van der Waals surface area contributed by atoms with Gasteiger partial charge in [-0.3, -0.25) is 33.6 Å². The number of hydrogen-bond acceptors (Lipinski definition) is 16. The minimum Gasteiger partial charge on any atom is -0.507 e. The summed E-state index contributed by atoms with van der Waals surface area (Å²) in [5.41, 5.74) is 0.141. The lowest BCUT2D eigenvalue weighted by atomic mass is 9.57. The Kier molecular flexibility index (Phi) is 11.4. The van der Waals surface area contributed by atoms with Gasteiger partial charge in [0, 0.05) is 53.6 Å². The molecule has 2 fully saturated rings. The van der Waals surface area contributed by atoms with Gasteiger partial charge < -0.3 is 43.0 Å². The molecule has 1 saturated carbocycles. The van der Waals surface area contributed by atoms with Gasteiger partial charge in [-0.2, -0.15) is 0 Å². The normalized spacial score (nSPS) is 32.1. The molecule has 0 unspecified atom stereocenters. The van der Waals surface area contributed by atoms with E-state index in [0.717, 1.165) is 39.3 Å². The van der Waals surface area contributed by atoms with Crippen molar-refractivity contribution >= 4 is 41.4 Å². The molecular formula is C36H42O16. The number of phenols is 1. The molecule has 3 aliphatic carbocycles. The Labute approximate surface area is 298 Å². The summed E-state index contributed by atoms with van der Waals surface area (Å²) in [7, 11) is 1.41. The highest BCUT2D eigenvalue weighted by atomic mass is 16.7. The second-order valence-electron chi connectivity index (χ2n) is 13.5. The van der Waals surface area contributed by atoms with Crippen LogP contribution in [0.3, 0.4) is 0 Å². The smallest absolute Gasteiger partial charge is 0.303 e. The van der Waals surface area contributed by atoms with Gasteiger partial charge in [0.25, 0.3) is 0 Å². The fourth-order valence-electron chi connectivity index (χ4n) is 7.88. The third-order valence-corrected chi connectivity index (χ3v) is 9.58. The number of ether oxygens (including phenoxy) is 8. The number of aromatic hydroxyl groups is 1. The maximum absolute atomic E-state index is 14.8. The quantitative estimate of drug-likeness (QED) is 0.219. The number of ketones is 2. The van der Waals surface area contributed by atoms with Crippen LogP contribution in [0.25, 0.3) is 0 Å². The molecule has 1 aliphatic heterocycles. The fraction of sp³-hybridized carbons (Fsp3) is 0.583. The molecule has 1 N–H and O–H groups in total. The average molecular weight is 731 g/mol. The highest BCUT2D eigenvalue weighted by Gasteiger charge is 2.58. The van der Waals surface area contributed by atoms with Gasteiger partial charge in [-0.05, 0) is 30.9 Å². The first-order valence-corrected chi connectivity index (χ1v) is 16.8. The maximum atomic E-state index is 14.8. The van der Waals surface area contributed by atoms with E-state index in [0.29, 0.717) is 12.8 Å². The lowest BCUT2D eigenvalue weighted by Gasteiger charge is -2.48. The minimum atomic E-state index is -1.73. The molecule has 4 aliphatic rings. The molecule has 52 heavy (non-hydrogen) atoms. The molecular weight excluding hydrogens is 688 g/mol. The lowest BCUT2D eigenvalue weighted by molar-refractivity contribution is -0.288. The Balaban J connectivity index is 1.62. The maximum Gasteiger partial charge on any atom is 0.303 e. The van der Waals surface area contributed by atoms with E-state index < -0.39 is 114 Å². The van der Waals surface area contributed by atoms with Crippen LogP contribution in [0.2, 0.25) is 0 Å². The molecule has 1 heterocycles. The van der Waals surface area contributed by atoms with E-state index in [4.69, 9.17) is 37.9 Å². The topological polar surface area (TPSA) is 214 Å². The van der Waals surface area contributed by atoms with Gasteiger partial charge in [0.15, 0.2) is 23.8 Å². The fourth-order valence-corrected chi connectivity index (χ4v) is 7.88. The Morgan fingerprint density at radius 1 is 0.769 bits per heavy atom. The van der Waals surface area contributed by atoms with Gasteiger partial charge in [-0.25, -0.2) is 0 Å². The van der Waals surface area contributed by atoms with Gasteiger partial charge in [0.1, 0.15) is 30.3 Å². The minimum absolute atomic E-state index is 0.0908. The van der Waals surface area contributed by atoms with E-state index in [1.807, 2.05) is 6.92 Å². The van der Waals surface area contributed by atoms with Crippen LogP contribution in [0, 0.1) is 23.7 Å². The van der Waals surface area contributed by atoms with Gasteiger partial charge in [-0.15, -0.1) is 0 Å². The van der Waals surface area contributed by atoms with Gasteiger partial charge in [0.2, 0.25) is 12.4 Å². The molecule has 0 amide bonds. The van der Waals surface area contributed by atoms with E-state index in [9.17, 15) is 38.7 Å². The first kappa shape index (κ1) is 38.4. The van der Waals surface area contributed by atoms with E-state index in [-0.39, 0.29) is 22.8 Å². The number of benzene rings is 1. The largest absolute Gasteiger partial charge is 0.507 e. The number of esters is 5. The second-order valence-corrected chi connectivity index (χ2v) is 13.5. The number of carbonyl (C=O) groups is 7. The summed E-state index contributed by atoms with van der Waals surface area (Å²) >= 11 is 0. The zero-order chi connectivity index (χ0) is 38.2. The van der Waals surface area contributed by atoms with Crippen molar-refractivity contribution in [3.63, 3.8) is 0 Å². The van der Waals surface area contributed by atoms with Crippen LogP contribution in [-0.2, 0) is 57.1 Å². The molecule has 0 aromatic heterocycles. The molecule has 1 aromatic carbocycles. The summed E-state index contributed by atoms with van der Waals surface area (Å²) in [5, 5.41) is 11.0. The second kappa shape index (κ2) is 15.4. The molecule has 1 saturated heterocycles. The Morgan fingerprint density at radius 3 is 1.96 bits per heavy atom. The summed E-state index contributed by atoms with van der Waals surface area (Å²) in [6, 6.07) is 2.36. The van der Waals surface area contributed by atoms with Crippen LogP contribution in [-0.4, -0.2) is 103 Å². The standard InChI is InChI=1S/C36H42O16/c1-14-10-20-12-23(45-7)29-30(26(20)24(11-14)47-16(3)38)32(44)28-22(9-8-21(42)27(28)31(29)43)51-36-35(50-19(6)41)34(49-18(5)40)33(48-17(4)39)25(52-36)13-46-15(2)37/h8-9,12,14,23-26,29-30,33-36,42H,10-11,13H2,1-7H3/t14-,23-,24-,25+,26-,29-,30+,33+,34-,35+,36+/m0/s1. The van der Waals surface area contributed by atoms with Crippen molar-refractivity contribution in [3.05, 3.63) is 34.9 Å². The SMILES string of the molecule is CO[C@H]1C=C2C[C@H](C)C[C@H](OC(C)=O)[C@H]2[C@H]2C(=O)c3c(O[C@@H]4O[C@H](COC(C)=O)[C@@H](OC(C)=O)[C@H](OC(C)=O)[C@H]4OC(C)=O)ccc(O)c3C(=O)[C@H]21. The van der Waals surface area contributed by atoms with Crippen LogP contribution >= 0.6 is 0 Å². The zero-order valence-electron chi connectivity index (χ0n) is 29.8. The molecule has 5 rings (SSSR count). The van der Waals surface area contributed by atoms with Crippen molar-refractivity contribution in [2.24, 2.45) is 23.7 Å².